The number of aliphatic hydroxyl groups excluding tert-OH is 1. The quantitative estimate of drug-likeness (QED) is 0.699. The van der Waals surface area contributed by atoms with Crippen molar-refractivity contribution in [1.29, 1.82) is 0 Å². The van der Waals surface area contributed by atoms with Crippen LogP contribution in [0.2, 0.25) is 0 Å². The number of aromatic nitrogens is 1. The van der Waals surface area contributed by atoms with Gasteiger partial charge in [0.15, 0.2) is 0 Å². The SMILES string of the molecule is O=C(NCCCO)C1CCC(=O)N1Cc1c[nH]c2ccccc12. The summed E-state index contributed by atoms with van der Waals surface area (Å²) in [6.07, 6.45) is 3.37. The molecule has 3 N–H and O–H groups in total. The Balaban J connectivity index is 1.74. The lowest BCUT2D eigenvalue weighted by Crippen LogP contribution is -2.44. The molecule has 1 atom stereocenters. The number of aliphatic hydroxyl groups is 1. The van der Waals surface area contributed by atoms with E-state index in [9.17, 15) is 9.59 Å². The first-order valence-corrected chi connectivity index (χ1v) is 7.93. The number of hydrogen-bond acceptors (Lipinski definition) is 3. The fourth-order valence-electron chi connectivity index (χ4n) is 3.06. The van der Waals surface area contributed by atoms with Crippen LogP contribution in [0.25, 0.3) is 10.9 Å². The number of rotatable bonds is 6. The van der Waals surface area contributed by atoms with Crippen molar-refractivity contribution in [2.45, 2.75) is 31.8 Å². The van der Waals surface area contributed by atoms with Crippen LogP contribution in [0.4, 0.5) is 0 Å². The van der Waals surface area contributed by atoms with Crippen molar-refractivity contribution in [2.24, 2.45) is 0 Å². The number of benzene rings is 1. The second-order valence-corrected chi connectivity index (χ2v) is 5.80. The van der Waals surface area contributed by atoms with Crippen LogP contribution in [-0.2, 0) is 16.1 Å². The molecule has 6 nitrogen and oxygen atoms in total. The topological polar surface area (TPSA) is 85.4 Å². The third kappa shape index (κ3) is 3.22. The van der Waals surface area contributed by atoms with Gasteiger partial charge in [-0.15, -0.1) is 0 Å². The van der Waals surface area contributed by atoms with Gasteiger partial charge in [-0.1, -0.05) is 18.2 Å². The van der Waals surface area contributed by atoms with Gasteiger partial charge in [-0.3, -0.25) is 9.59 Å². The van der Waals surface area contributed by atoms with Gasteiger partial charge in [0.2, 0.25) is 11.8 Å². The summed E-state index contributed by atoms with van der Waals surface area (Å²) >= 11 is 0. The molecule has 0 bridgehead atoms. The molecular weight excluding hydrogens is 294 g/mol. The highest BCUT2D eigenvalue weighted by Crippen LogP contribution is 2.25. The second kappa shape index (κ2) is 6.83. The molecule has 1 saturated heterocycles. The molecule has 0 radical (unpaired) electrons. The van der Waals surface area contributed by atoms with Crippen LogP contribution in [0.15, 0.2) is 30.5 Å². The summed E-state index contributed by atoms with van der Waals surface area (Å²) < 4.78 is 0. The minimum atomic E-state index is -0.421. The van der Waals surface area contributed by atoms with Crippen LogP contribution in [0.1, 0.15) is 24.8 Å². The molecule has 0 aliphatic carbocycles. The van der Waals surface area contributed by atoms with E-state index in [0.29, 0.717) is 32.4 Å². The van der Waals surface area contributed by atoms with Crippen LogP contribution >= 0.6 is 0 Å². The summed E-state index contributed by atoms with van der Waals surface area (Å²) in [4.78, 5) is 29.3. The summed E-state index contributed by atoms with van der Waals surface area (Å²) in [5, 5.41) is 12.7. The Labute approximate surface area is 134 Å². The van der Waals surface area contributed by atoms with E-state index in [1.165, 1.54) is 0 Å². The van der Waals surface area contributed by atoms with E-state index in [1.54, 1.807) is 4.90 Å². The number of fused-ring (bicyclic) bond motifs is 1. The predicted molar refractivity (Wildman–Crippen MR) is 86.6 cm³/mol. The third-order valence-electron chi connectivity index (χ3n) is 4.28. The van der Waals surface area contributed by atoms with Crippen molar-refractivity contribution in [3.63, 3.8) is 0 Å². The number of aromatic amines is 1. The number of carbonyl (C=O) groups excluding carboxylic acids is 2. The molecule has 1 aromatic heterocycles. The predicted octanol–water partition coefficient (Wildman–Crippen LogP) is 1.16. The van der Waals surface area contributed by atoms with Crippen LogP contribution in [0, 0.1) is 0 Å². The molecule has 3 rings (SSSR count). The van der Waals surface area contributed by atoms with Crippen molar-refractivity contribution >= 4 is 22.7 Å². The molecule has 6 heteroatoms. The monoisotopic (exact) mass is 315 g/mol. The van der Waals surface area contributed by atoms with Crippen molar-refractivity contribution in [2.75, 3.05) is 13.2 Å². The zero-order chi connectivity index (χ0) is 16.2. The zero-order valence-corrected chi connectivity index (χ0v) is 12.9. The summed E-state index contributed by atoms with van der Waals surface area (Å²) in [5.41, 5.74) is 2.04. The maximum Gasteiger partial charge on any atom is 0.242 e. The molecule has 0 spiro atoms. The number of carbonyl (C=O) groups is 2. The number of amides is 2. The molecular formula is C17H21N3O3. The summed E-state index contributed by atoms with van der Waals surface area (Å²) in [7, 11) is 0. The molecule has 1 aromatic carbocycles. The maximum absolute atomic E-state index is 12.3. The minimum absolute atomic E-state index is 0.0117. The largest absolute Gasteiger partial charge is 0.396 e. The van der Waals surface area contributed by atoms with Crippen molar-refractivity contribution < 1.29 is 14.7 Å². The standard InChI is InChI=1S/C17H21N3O3/c21-9-3-8-18-17(23)15-6-7-16(22)20(15)11-12-10-19-14-5-2-1-4-13(12)14/h1-2,4-5,10,15,19,21H,3,6-9,11H2,(H,18,23). The van der Waals surface area contributed by atoms with E-state index in [0.717, 1.165) is 16.5 Å². The Bertz CT molecular complexity index is 710. The highest BCUT2D eigenvalue weighted by molar-refractivity contribution is 5.91. The molecule has 122 valence electrons. The lowest BCUT2D eigenvalue weighted by molar-refractivity contribution is -0.135. The lowest BCUT2D eigenvalue weighted by atomic mass is 10.1. The van der Waals surface area contributed by atoms with Crippen molar-refractivity contribution in [1.82, 2.24) is 15.2 Å². The average Bonchev–Trinajstić information content (AvgIpc) is 3.13. The van der Waals surface area contributed by atoms with E-state index in [-0.39, 0.29) is 18.4 Å². The van der Waals surface area contributed by atoms with E-state index in [2.05, 4.69) is 10.3 Å². The van der Waals surface area contributed by atoms with E-state index in [4.69, 9.17) is 5.11 Å². The smallest absolute Gasteiger partial charge is 0.242 e. The molecule has 1 fully saturated rings. The Kier molecular flexibility index (Phi) is 4.62. The van der Waals surface area contributed by atoms with Crippen molar-refractivity contribution in [3.05, 3.63) is 36.0 Å². The fraction of sp³-hybridized carbons (Fsp3) is 0.412. The van der Waals surface area contributed by atoms with Gasteiger partial charge in [0.25, 0.3) is 0 Å². The summed E-state index contributed by atoms with van der Waals surface area (Å²) in [6.45, 7) is 0.908. The molecule has 1 aliphatic rings. The van der Waals surface area contributed by atoms with Gasteiger partial charge in [0.1, 0.15) is 6.04 Å². The maximum atomic E-state index is 12.3. The zero-order valence-electron chi connectivity index (χ0n) is 12.9. The normalized spacial score (nSPS) is 17.9. The molecule has 2 aromatic rings. The van der Waals surface area contributed by atoms with Crippen LogP contribution in [0.3, 0.4) is 0 Å². The molecule has 0 saturated carbocycles. The minimum Gasteiger partial charge on any atom is -0.396 e. The number of H-pyrrole nitrogens is 1. The fourth-order valence-corrected chi connectivity index (χ4v) is 3.06. The average molecular weight is 315 g/mol. The van der Waals surface area contributed by atoms with Gasteiger partial charge < -0.3 is 20.3 Å². The molecule has 2 heterocycles. The van der Waals surface area contributed by atoms with E-state index < -0.39 is 6.04 Å². The Morgan fingerprint density at radius 3 is 3.04 bits per heavy atom. The van der Waals surface area contributed by atoms with Crippen LogP contribution in [-0.4, -0.2) is 46.0 Å². The molecule has 1 aliphatic heterocycles. The summed E-state index contributed by atoms with van der Waals surface area (Å²) in [5.74, 6) is -0.123. The van der Waals surface area contributed by atoms with Crippen LogP contribution in [0.5, 0.6) is 0 Å². The molecule has 23 heavy (non-hydrogen) atoms. The first-order chi connectivity index (χ1) is 11.2. The van der Waals surface area contributed by atoms with Gasteiger partial charge in [-0.25, -0.2) is 0 Å². The lowest BCUT2D eigenvalue weighted by Gasteiger charge is -2.24. The van der Waals surface area contributed by atoms with Gasteiger partial charge in [-0.2, -0.15) is 0 Å². The third-order valence-corrected chi connectivity index (χ3v) is 4.28. The number of likely N-dealkylation sites (tertiary alicyclic amines) is 1. The molecule has 1 unspecified atom stereocenters. The first kappa shape index (κ1) is 15.6. The number of hydrogen-bond donors (Lipinski definition) is 3. The Hall–Kier alpha value is -2.34. The Morgan fingerprint density at radius 1 is 1.39 bits per heavy atom. The first-order valence-electron chi connectivity index (χ1n) is 7.93. The highest BCUT2D eigenvalue weighted by atomic mass is 16.3. The van der Waals surface area contributed by atoms with Gasteiger partial charge in [0, 0.05) is 43.2 Å². The van der Waals surface area contributed by atoms with Gasteiger partial charge in [0.05, 0.1) is 0 Å². The Morgan fingerprint density at radius 2 is 2.22 bits per heavy atom. The van der Waals surface area contributed by atoms with E-state index >= 15 is 0 Å². The van der Waals surface area contributed by atoms with Crippen LogP contribution < -0.4 is 5.32 Å². The highest BCUT2D eigenvalue weighted by Gasteiger charge is 2.36. The number of para-hydroxylation sites is 1. The summed E-state index contributed by atoms with van der Waals surface area (Å²) in [6, 6.07) is 7.50. The number of nitrogens with one attached hydrogen (secondary N) is 2. The van der Waals surface area contributed by atoms with Crippen molar-refractivity contribution in [3.8, 4) is 0 Å². The molecule has 2 amide bonds. The van der Waals surface area contributed by atoms with E-state index in [1.807, 2.05) is 30.5 Å². The van der Waals surface area contributed by atoms with Gasteiger partial charge >= 0.3 is 0 Å². The second-order valence-electron chi connectivity index (χ2n) is 5.80. The number of nitrogens with zero attached hydrogens (tertiary/aromatic N) is 1. The van der Waals surface area contributed by atoms with Gasteiger partial charge in [-0.05, 0) is 24.5 Å².